The molecule has 2 fully saturated rings. The summed E-state index contributed by atoms with van der Waals surface area (Å²) in [4.78, 5) is 16.6. The molecule has 2 aromatic heterocycles. The van der Waals surface area contributed by atoms with Gasteiger partial charge in [0.2, 0.25) is 11.8 Å². The van der Waals surface area contributed by atoms with Crippen LogP contribution in [0.25, 0.3) is 11.6 Å². The second kappa shape index (κ2) is 7.73. The van der Waals surface area contributed by atoms with Crippen LogP contribution in [0.5, 0.6) is 0 Å². The number of aromatic nitrogens is 3. The molecule has 30 heavy (non-hydrogen) atoms. The molecule has 0 bridgehead atoms. The van der Waals surface area contributed by atoms with Crippen LogP contribution in [0.4, 0.5) is 18.9 Å². The van der Waals surface area contributed by atoms with E-state index in [1.54, 1.807) is 18.3 Å². The molecule has 2 N–H and O–H groups in total. The van der Waals surface area contributed by atoms with Crippen LogP contribution in [0.1, 0.15) is 38.0 Å². The highest BCUT2D eigenvalue weighted by molar-refractivity contribution is 5.91. The van der Waals surface area contributed by atoms with Crippen molar-refractivity contribution in [1.82, 2.24) is 20.5 Å². The van der Waals surface area contributed by atoms with Crippen LogP contribution in [0.15, 0.2) is 35.4 Å². The van der Waals surface area contributed by atoms with Crippen LogP contribution in [0, 0.1) is 5.92 Å². The SMILES string of the molecule is C=C[C@@]1(c2nnc(-c3ncccc3NC3CCC(C(F)(F)F)CC3)o2)CCNC1=O. The van der Waals surface area contributed by atoms with Gasteiger partial charge in [0.25, 0.3) is 5.89 Å². The summed E-state index contributed by atoms with van der Waals surface area (Å²) in [7, 11) is 0. The van der Waals surface area contributed by atoms with Gasteiger partial charge in [-0.1, -0.05) is 6.08 Å². The lowest BCUT2D eigenvalue weighted by molar-refractivity contribution is -0.182. The molecule has 160 valence electrons. The molecule has 1 amide bonds. The Hall–Kier alpha value is -2.91. The van der Waals surface area contributed by atoms with Crippen molar-refractivity contribution >= 4 is 11.6 Å². The van der Waals surface area contributed by atoms with Crippen molar-refractivity contribution in [2.24, 2.45) is 5.92 Å². The molecular formula is C20H22F3N5O2. The second-order valence-corrected chi connectivity index (χ2v) is 7.73. The number of carbonyl (C=O) groups excluding carboxylic acids is 1. The molecular weight excluding hydrogens is 399 g/mol. The monoisotopic (exact) mass is 421 g/mol. The molecule has 1 saturated heterocycles. The summed E-state index contributed by atoms with van der Waals surface area (Å²) in [5.74, 6) is -1.20. The van der Waals surface area contributed by atoms with Crippen molar-refractivity contribution in [1.29, 1.82) is 0 Å². The first-order valence-electron chi connectivity index (χ1n) is 9.88. The summed E-state index contributed by atoms with van der Waals surface area (Å²) in [6, 6.07) is 3.39. The zero-order valence-electron chi connectivity index (χ0n) is 16.2. The lowest BCUT2D eigenvalue weighted by Crippen LogP contribution is -2.33. The van der Waals surface area contributed by atoms with E-state index in [0.29, 0.717) is 37.2 Å². The largest absolute Gasteiger partial charge is 0.418 e. The van der Waals surface area contributed by atoms with Gasteiger partial charge in [-0.3, -0.25) is 4.79 Å². The van der Waals surface area contributed by atoms with Gasteiger partial charge in [0.1, 0.15) is 5.41 Å². The highest BCUT2D eigenvalue weighted by atomic mass is 19.4. The predicted octanol–water partition coefficient (Wildman–Crippen LogP) is 3.61. The molecule has 1 atom stereocenters. The zero-order valence-corrected chi connectivity index (χ0v) is 16.2. The summed E-state index contributed by atoms with van der Waals surface area (Å²) in [5, 5.41) is 14.1. The summed E-state index contributed by atoms with van der Waals surface area (Å²) >= 11 is 0. The van der Waals surface area contributed by atoms with Crippen molar-refractivity contribution in [3.05, 3.63) is 36.9 Å². The van der Waals surface area contributed by atoms with Crippen molar-refractivity contribution in [2.45, 2.75) is 49.7 Å². The Balaban J connectivity index is 1.53. The molecule has 1 aliphatic heterocycles. The summed E-state index contributed by atoms with van der Waals surface area (Å²) < 4.78 is 44.5. The number of anilines is 1. The molecule has 2 aromatic rings. The normalized spacial score (nSPS) is 27.0. The van der Waals surface area contributed by atoms with E-state index in [0.717, 1.165) is 0 Å². The molecule has 0 aromatic carbocycles. The number of hydrogen-bond donors (Lipinski definition) is 2. The van der Waals surface area contributed by atoms with Crippen LogP contribution < -0.4 is 10.6 Å². The van der Waals surface area contributed by atoms with Gasteiger partial charge in [0, 0.05) is 18.8 Å². The number of alkyl halides is 3. The van der Waals surface area contributed by atoms with E-state index in [4.69, 9.17) is 4.42 Å². The van der Waals surface area contributed by atoms with E-state index in [9.17, 15) is 18.0 Å². The Labute approximate surface area is 171 Å². The first kappa shape index (κ1) is 20.4. The van der Waals surface area contributed by atoms with Crippen molar-refractivity contribution in [3.8, 4) is 11.6 Å². The van der Waals surface area contributed by atoms with Gasteiger partial charge in [-0.15, -0.1) is 16.8 Å². The van der Waals surface area contributed by atoms with Gasteiger partial charge in [0.15, 0.2) is 5.69 Å². The Kier molecular flexibility index (Phi) is 5.25. The van der Waals surface area contributed by atoms with Gasteiger partial charge < -0.3 is 15.1 Å². The second-order valence-electron chi connectivity index (χ2n) is 7.73. The highest BCUT2D eigenvalue weighted by Gasteiger charge is 2.46. The number of nitrogens with one attached hydrogen (secondary N) is 2. The van der Waals surface area contributed by atoms with Gasteiger partial charge in [0.05, 0.1) is 11.6 Å². The van der Waals surface area contributed by atoms with E-state index in [-0.39, 0.29) is 36.6 Å². The van der Waals surface area contributed by atoms with Gasteiger partial charge in [-0.2, -0.15) is 13.2 Å². The van der Waals surface area contributed by atoms with Crippen molar-refractivity contribution in [3.63, 3.8) is 0 Å². The Morgan fingerprint density at radius 3 is 2.67 bits per heavy atom. The average Bonchev–Trinajstić information content (AvgIpc) is 3.35. The molecule has 0 spiro atoms. The minimum absolute atomic E-state index is 0.0957. The molecule has 1 saturated carbocycles. The zero-order chi connectivity index (χ0) is 21.4. The van der Waals surface area contributed by atoms with E-state index in [1.807, 2.05) is 0 Å². The fourth-order valence-electron chi connectivity index (χ4n) is 4.11. The molecule has 2 aliphatic rings. The van der Waals surface area contributed by atoms with Gasteiger partial charge >= 0.3 is 6.18 Å². The number of halogens is 3. The quantitative estimate of drug-likeness (QED) is 0.717. The number of pyridine rings is 1. The number of nitrogens with zero attached hydrogens (tertiary/aromatic N) is 3. The molecule has 3 heterocycles. The van der Waals surface area contributed by atoms with E-state index < -0.39 is 17.5 Å². The smallest absolute Gasteiger partial charge is 0.391 e. The van der Waals surface area contributed by atoms with Crippen LogP contribution in [0.3, 0.4) is 0 Å². The van der Waals surface area contributed by atoms with Crippen molar-refractivity contribution < 1.29 is 22.4 Å². The van der Waals surface area contributed by atoms with Gasteiger partial charge in [-0.05, 0) is 44.2 Å². The minimum Gasteiger partial charge on any atom is -0.418 e. The summed E-state index contributed by atoms with van der Waals surface area (Å²) in [5.41, 5.74) is -0.0673. The topological polar surface area (TPSA) is 92.9 Å². The number of rotatable bonds is 5. The lowest BCUT2D eigenvalue weighted by Gasteiger charge is -2.31. The van der Waals surface area contributed by atoms with Crippen LogP contribution >= 0.6 is 0 Å². The molecule has 0 unspecified atom stereocenters. The molecule has 7 nitrogen and oxygen atoms in total. The third kappa shape index (κ3) is 3.66. The first-order valence-corrected chi connectivity index (χ1v) is 9.88. The summed E-state index contributed by atoms with van der Waals surface area (Å²) in [6.45, 7) is 4.23. The predicted molar refractivity (Wildman–Crippen MR) is 102 cm³/mol. The fraction of sp³-hybridized carbons (Fsp3) is 0.500. The number of carbonyl (C=O) groups is 1. The maximum Gasteiger partial charge on any atom is 0.391 e. The number of hydrogen-bond acceptors (Lipinski definition) is 6. The molecule has 0 radical (unpaired) electrons. The van der Waals surface area contributed by atoms with E-state index >= 15 is 0 Å². The van der Waals surface area contributed by atoms with E-state index in [2.05, 4.69) is 32.4 Å². The highest BCUT2D eigenvalue weighted by Crippen LogP contribution is 2.39. The molecule has 10 heteroatoms. The maximum absolute atomic E-state index is 12.9. The number of amides is 1. The maximum atomic E-state index is 12.9. The van der Waals surface area contributed by atoms with Crippen LogP contribution in [-0.2, 0) is 10.2 Å². The fourth-order valence-corrected chi connectivity index (χ4v) is 4.11. The summed E-state index contributed by atoms with van der Waals surface area (Å²) in [6.07, 6.45) is 0.405. The van der Waals surface area contributed by atoms with Crippen LogP contribution in [0.2, 0.25) is 0 Å². The third-order valence-corrected chi connectivity index (χ3v) is 5.93. The first-order chi connectivity index (χ1) is 14.3. The lowest BCUT2D eigenvalue weighted by atomic mass is 9.85. The van der Waals surface area contributed by atoms with Gasteiger partial charge in [-0.25, -0.2) is 4.98 Å². The third-order valence-electron chi connectivity index (χ3n) is 5.93. The van der Waals surface area contributed by atoms with Crippen molar-refractivity contribution in [2.75, 3.05) is 11.9 Å². The standard InChI is InChI=1S/C20H22F3N5O2/c1-2-19(9-11-25-17(19)29)18-28-27-16(30-18)15-14(4-3-10-24-15)26-13-7-5-12(6-8-13)20(21,22)23/h2-4,10,12-13,26H,1,5-9,11H2,(H,25,29)/t12?,13?,19-/m1/s1. The molecule has 1 aliphatic carbocycles. The Morgan fingerprint density at radius 1 is 1.27 bits per heavy atom. The molecule has 4 rings (SSSR count). The minimum atomic E-state index is -4.14. The Morgan fingerprint density at radius 2 is 2.03 bits per heavy atom. The Bertz CT molecular complexity index is 937. The van der Waals surface area contributed by atoms with E-state index in [1.165, 1.54) is 6.08 Å². The average molecular weight is 421 g/mol. The van der Waals surface area contributed by atoms with Crippen LogP contribution in [-0.4, -0.2) is 39.9 Å².